The number of nitrogens with zero attached hydrogens (tertiary/aromatic N) is 6. The summed E-state index contributed by atoms with van der Waals surface area (Å²) in [4.78, 5) is 46.6. The van der Waals surface area contributed by atoms with E-state index in [4.69, 9.17) is 29.2 Å². The lowest BCUT2D eigenvalue weighted by atomic mass is 10.1. The second-order valence-electron chi connectivity index (χ2n) is 12.2. The number of carbonyl (C=O) groups excluding carboxylic acids is 2. The van der Waals surface area contributed by atoms with E-state index < -0.39 is 6.03 Å². The van der Waals surface area contributed by atoms with Gasteiger partial charge in [-0.05, 0) is 74.5 Å². The molecular formula is C33H41N9O5. The van der Waals surface area contributed by atoms with Crippen molar-refractivity contribution in [2.75, 3.05) is 99.3 Å². The largest absolute Gasteiger partial charge is 0.378 e. The maximum absolute atomic E-state index is 12.8. The van der Waals surface area contributed by atoms with Gasteiger partial charge in [0.2, 0.25) is 11.9 Å². The number of urea groups is 1. The molecule has 248 valence electrons. The van der Waals surface area contributed by atoms with Crippen molar-refractivity contribution in [2.24, 2.45) is 0 Å². The van der Waals surface area contributed by atoms with E-state index in [2.05, 4.69) is 30.7 Å². The zero-order chi connectivity index (χ0) is 32.0. The number of amides is 3. The average molecular weight is 644 g/mol. The number of fused-ring (bicyclic) bond motifs is 2. The summed E-state index contributed by atoms with van der Waals surface area (Å²) in [6.45, 7) is 8.58. The Balaban J connectivity index is 0.990. The Morgan fingerprint density at radius 1 is 0.723 bits per heavy atom. The number of rotatable bonds is 9. The summed E-state index contributed by atoms with van der Waals surface area (Å²) >= 11 is 0. The molecule has 7 rings (SSSR count). The van der Waals surface area contributed by atoms with E-state index >= 15 is 0 Å². The van der Waals surface area contributed by atoms with Gasteiger partial charge >= 0.3 is 6.03 Å². The van der Waals surface area contributed by atoms with Crippen LogP contribution in [0.3, 0.4) is 0 Å². The fourth-order valence-electron chi connectivity index (χ4n) is 6.36. The van der Waals surface area contributed by atoms with Crippen LogP contribution < -0.4 is 25.8 Å². The molecule has 47 heavy (non-hydrogen) atoms. The molecule has 4 fully saturated rings. The highest BCUT2D eigenvalue weighted by molar-refractivity contribution is 6.00. The molecule has 3 aromatic rings. The molecule has 2 aromatic carbocycles. The second-order valence-corrected chi connectivity index (χ2v) is 12.2. The number of nitrogens with one attached hydrogen (secondary N) is 3. The van der Waals surface area contributed by atoms with Crippen molar-refractivity contribution in [3.8, 4) is 11.4 Å². The molecule has 0 saturated carbocycles. The van der Waals surface area contributed by atoms with Crippen LogP contribution >= 0.6 is 0 Å². The van der Waals surface area contributed by atoms with Crippen molar-refractivity contribution in [1.29, 1.82) is 0 Å². The summed E-state index contributed by atoms with van der Waals surface area (Å²) in [6.07, 6.45) is 2.46. The molecule has 3 amide bonds. The van der Waals surface area contributed by atoms with Gasteiger partial charge in [0, 0.05) is 48.7 Å². The predicted octanol–water partition coefficient (Wildman–Crippen LogP) is 2.45. The summed E-state index contributed by atoms with van der Waals surface area (Å²) in [6, 6.07) is 14.0. The molecule has 0 unspecified atom stereocenters. The Morgan fingerprint density at radius 2 is 1.32 bits per heavy atom. The highest BCUT2D eigenvalue weighted by atomic mass is 16.5. The lowest BCUT2D eigenvalue weighted by Crippen LogP contribution is -2.60. The maximum atomic E-state index is 12.8. The summed E-state index contributed by atoms with van der Waals surface area (Å²) in [5.74, 6) is 1.67. The number of likely N-dealkylation sites (tertiary alicyclic amines) is 1. The summed E-state index contributed by atoms with van der Waals surface area (Å²) < 4.78 is 17.1. The standard InChI is InChI=1S/C33H41N9O5/c43-30(34-11-14-40-12-1-2-13-40)24-5-9-26(10-6-24)36-33(44)35-25-7-3-23(4-8-25)29-37-31(41-15-17-45-18-16-41)39-32(38-29)42-27-19-46-21-28(42)22-47-20-27/h3-10,27-28H,1-2,11-22H2,(H,34,43)(H2,35,36,44). The summed E-state index contributed by atoms with van der Waals surface area (Å²) in [5.41, 5.74) is 2.55. The van der Waals surface area contributed by atoms with Gasteiger partial charge in [-0.25, -0.2) is 4.79 Å². The molecule has 4 aliphatic rings. The SMILES string of the molecule is O=C(Nc1ccc(C(=O)NCCN2CCCC2)cc1)Nc1ccc(-c2nc(N3CCOCC3)nc(N3C4COCC3COC4)n2)cc1. The van der Waals surface area contributed by atoms with Gasteiger partial charge in [-0.1, -0.05) is 0 Å². The average Bonchev–Trinajstić information content (AvgIpc) is 3.62. The topological polar surface area (TPSA) is 146 Å². The van der Waals surface area contributed by atoms with Gasteiger partial charge in [0.05, 0.1) is 51.7 Å². The lowest BCUT2D eigenvalue weighted by molar-refractivity contribution is -0.0355. The lowest BCUT2D eigenvalue weighted by Gasteiger charge is -2.45. The van der Waals surface area contributed by atoms with Crippen LogP contribution in [-0.4, -0.2) is 123 Å². The third kappa shape index (κ3) is 7.62. The minimum atomic E-state index is -0.390. The third-order valence-corrected chi connectivity index (χ3v) is 8.88. The Bertz CT molecular complexity index is 1510. The van der Waals surface area contributed by atoms with Gasteiger partial charge in [0.25, 0.3) is 5.91 Å². The van der Waals surface area contributed by atoms with Crippen molar-refractivity contribution in [3.63, 3.8) is 0 Å². The third-order valence-electron chi connectivity index (χ3n) is 8.88. The second kappa shape index (κ2) is 14.6. The van der Waals surface area contributed by atoms with Gasteiger partial charge in [0.15, 0.2) is 5.82 Å². The van der Waals surface area contributed by atoms with Gasteiger partial charge < -0.3 is 44.9 Å². The number of hydrogen-bond acceptors (Lipinski definition) is 11. The van der Waals surface area contributed by atoms with Gasteiger partial charge in [-0.3, -0.25) is 4.79 Å². The Kier molecular flexibility index (Phi) is 9.70. The molecule has 3 N–H and O–H groups in total. The Hall–Kier alpha value is -4.37. The van der Waals surface area contributed by atoms with Crippen LogP contribution in [0.2, 0.25) is 0 Å². The Morgan fingerprint density at radius 3 is 1.96 bits per heavy atom. The number of carbonyl (C=O) groups is 2. The normalized spacial score (nSPS) is 21.4. The minimum Gasteiger partial charge on any atom is -0.378 e. The van der Waals surface area contributed by atoms with Crippen LogP contribution in [-0.2, 0) is 14.2 Å². The number of morpholine rings is 3. The van der Waals surface area contributed by atoms with E-state index in [1.165, 1.54) is 12.8 Å². The highest BCUT2D eigenvalue weighted by Crippen LogP contribution is 2.29. The first-order valence-corrected chi connectivity index (χ1v) is 16.4. The molecule has 0 aliphatic carbocycles. The first-order valence-electron chi connectivity index (χ1n) is 16.4. The molecule has 1 aromatic heterocycles. The number of aromatic nitrogens is 3. The highest BCUT2D eigenvalue weighted by Gasteiger charge is 2.38. The number of anilines is 4. The van der Waals surface area contributed by atoms with Gasteiger partial charge in [-0.15, -0.1) is 0 Å². The van der Waals surface area contributed by atoms with E-state index in [1.54, 1.807) is 24.3 Å². The van der Waals surface area contributed by atoms with Crippen LogP contribution in [0.4, 0.5) is 28.1 Å². The smallest absolute Gasteiger partial charge is 0.323 e. The van der Waals surface area contributed by atoms with Gasteiger partial charge in [-0.2, -0.15) is 15.0 Å². The quantitative estimate of drug-likeness (QED) is 0.316. The number of benzene rings is 2. The van der Waals surface area contributed by atoms with Crippen LogP contribution in [0.5, 0.6) is 0 Å². The van der Waals surface area contributed by atoms with Crippen molar-refractivity contribution in [2.45, 2.75) is 24.9 Å². The molecule has 0 atom stereocenters. The van der Waals surface area contributed by atoms with Crippen molar-refractivity contribution in [1.82, 2.24) is 25.2 Å². The van der Waals surface area contributed by atoms with Gasteiger partial charge in [0.1, 0.15) is 0 Å². The predicted molar refractivity (Wildman–Crippen MR) is 177 cm³/mol. The molecule has 14 nitrogen and oxygen atoms in total. The van der Waals surface area contributed by atoms with Crippen LogP contribution in [0.15, 0.2) is 48.5 Å². The zero-order valence-corrected chi connectivity index (χ0v) is 26.4. The van der Waals surface area contributed by atoms with Crippen molar-refractivity contribution in [3.05, 3.63) is 54.1 Å². The fraction of sp³-hybridized carbons (Fsp3) is 0.485. The number of ether oxygens (including phenoxy) is 3. The molecule has 4 saturated heterocycles. The Labute approximate surface area is 273 Å². The molecular weight excluding hydrogens is 602 g/mol. The van der Waals surface area contributed by atoms with E-state index in [-0.39, 0.29) is 18.0 Å². The molecule has 14 heteroatoms. The minimum absolute atomic E-state index is 0.0402. The van der Waals surface area contributed by atoms with E-state index in [9.17, 15) is 9.59 Å². The fourth-order valence-corrected chi connectivity index (χ4v) is 6.36. The molecule has 4 aliphatic heterocycles. The monoisotopic (exact) mass is 643 g/mol. The van der Waals surface area contributed by atoms with Crippen LogP contribution in [0, 0.1) is 0 Å². The first kappa shape index (κ1) is 31.2. The summed E-state index contributed by atoms with van der Waals surface area (Å²) in [7, 11) is 0. The summed E-state index contributed by atoms with van der Waals surface area (Å²) in [5, 5.41) is 8.67. The molecule has 5 heterocycles. The van der Waals surface area contributed by atoms with E-state index in [0.29, 0.717) is 93.9 Å². The maximum Gasteiger partial charge on any atom is 0.323 e. The molecule has 0 radical (unpaired) electrons. The number of hydrogen-bond donors (Lipinski definition) is 3. The zero-order valence-electron chi connectivity index (χ0n) is 26.4. The molecule has 2 bridgehead atoms. The van der Waals surface area contributed by atoms with E-state index in [0.717, 1.165) is 25.2 Å². The first-order chi connectivity index (χ1) is 23.1. The van der Waals surface area contributed by atoms with Crippen molar-refractivity contribution >= 4 is 35.2 Å². The van der Waals surface area contributed by atoms with E-state index in [1.807, 2.05) is 24.3 Å². The molecule has 0 spiro atoms. The van der Waals surface area contributed by atoms with Crippen LogP contribution in [0.1, 0.15) is 23.2 Å². The van der Waals surface area contributed by atoms with Crippen LogP contribution in [0.25, 0.3) is 11.4 Å². The van der Waals surface area contributed by atoms with Crippen molar-refractivity contribution < 1.29 is 23.8 Å².